The third-order valence-electron chi connectivity index (χ3n) is 4.48. The third-order valence-corrected chi connectivity index (χ3v) is 4.48. The molecule has 0 radical (unpaired) electrons. The molecular formula is C20H24N4O2. The van der Waals surface area contributed by atoms with Crippen molar-refractivity contribution in [1.82, 2.24) is 14.8 Å². The van der Waals surface area contributed by atoms with E-state index in [9.17, 15) is 9.90 Å². The van der Waals surface area contributed by atoms with Gasteiger partial charge in [-0.1, -0.05) is 24.3 Å². The minimum atomic E-state index is -0.525. The van der Waals surface area contributed by atoms with Gasteiger partial charge in [-0.2, -0.15) is 0 Å². The van der Waals surface area contributed by atoms with E-state index in [-0.39, 0.29) is 12.1 Å². The molecule has 0 spiro atoms. The fourth-order valence-electron chi connectivity index (χ4n) is 3.02. The molecule has 1 fully saturated rings. The average molecular weight is 352 g/mol. The number of carbonyl (C=O) groups excluding carboxylic acids is 1. The lowest BCUT2D eigenvalue weighted by Crippen LogP contribution is -2.38. The molecule has 2 heterocycles. The highest BCUT2D eigenvalue weighted by Crippen LogP contribution is 2.18. The number of aliphatic hydroxyl groups excluding tert-OH is 1. The van der Waals surface area contributed by atoms with Crippen molar-refractivity contribution in [3.8, 4) is 0 Å². The normalized spacial score (nSPS) is 20.1. The second-order valence-corrected chi connectivity index (χ2v) is 6.65. The number of hydrogen-bond donors (Lipinski definition) is 2. The van der Waals surface area contributed by atoms with E-state index in [1.807, 2.05) is 73.6 Å². The fraction of sp³-hybridized carbons (Fsp3) is 0.300. The Morgan fingerprint density at radius 2 is 2.08 bits per heavy atom. The summed E-state index contributed by atoms with van der Waals surface area (Å²) in [7, 11) is 3.82. The van der Waals surface area contributed by atoms with E-state index in [1.165, 1.54) is 0 Å². The summed E-state index contributed by atoms with van der Waals surface area (Å²) in [5.41, 5.74) is 2.57. The van der Waals surface area contributed by atoms with Gasteiger partial charge < -0.3 is 20.2 Å². The van der Waals surface area contributed by atoms with E-state index in [4.69, 9.17) is 0 Å². The topological polar surface area (TPSA) is 68.7 Å². The molecule has 1 aromatic carbocycles. The second-order valence-electron chi connectivity index (χ2n) is 6.65. The molecule has 6 nitrogen and oxygen atoms in total. The van der Waals surface area contributed by atoms with Gasteiger partial charge in [0, 0.05) is 18.4 Å². The van der Waals surface area contributed by atoms with Crippen LogP contribution in [0.2, 0.25) is 0 Å². The number of nitrogens with one attached hydrogen (secondary N) is 1. The highest BCUT2D eigenvalue weighted by Gasteiger charge is 2.35. The van der Waals surface area contributed by atoms with Gasteiger partial charge in [-0.05, 0) is 50.0 Å². The summed E-state index contributed by atoms with van der Waals surface area (Å²) in [6.45, 7) is 0.854. The molecule has 6 heteroatoms. The zero-order valence-electron chi connectivity index (χ0n) is 15.0. The number of amides is 2. The Kier molecular flexibility index (Phi) is 5.65. The van der Waals surface area contributed by atoms with Crippen molar-refractivity contribution < 1.29 is 9.90 Å². The Labute approximate surface area is 153 Å². The van der Waals surface area contributed by atoms with Gasteiger partial charge in [0.2, 0.25) is 0 Å². The van der Waals surface area contributed by atoms with Crippen molar-refractivity contribution >= 4 is 23.9 Å². The number of hydrogen-bond acceptors (Lipinski definition) is 4. The van der Waals surface area contributed by atoms with Crippen LogP contribution in [0.3, 0.4) is 0 Å². The second kappa shape index (κ2) is 8.12. The first-order chi connectivity index (χ1) is 12.5. The first-order valence-electron chi connectivity index (χ1n) is 8.62. The maximum absolute atomic E-state index is 12.5. The molecular weight excluding hydrogens is 328 g/mol. The number of aliphatic hydroxyl groups is 1. The maximum atomic E-state index is 12.5. The smallest absolute Gasteiger partial charge is 0.321 e. The monoisotopic (exact) mass is 352 g/mol. The number of rotatable bonds is 4. The van der Waals surface area contributed by atoms with Crippen LogP contribution in [0.1, 0.15) is 11.3 Å². The molecule has 26 heavy (non-hydrogen) atoms. The zero-order valence-corrected chi connectivity index (χ0v) is 15.0. The van der Waals surface area contributed by atoms with Gasteiger partial charge >= 0.3 is 6.03 Å². The Bertz CT molecular complexity index is 776. The standard InChI is InChI=1S/C20H24N4O2/c1-23(2)18-13-24(14-19(18)25)20(26)22-17-8-5-6-15(12-17)9-10-16-7-3-4-11-21-16/h3-12,18-19,25H,13-14H2,1-2H3,(H,22,26)/b10-9+/t18-,19-/m0/s1. The Morgan fingerprint density at radius 1 is 1.23 bits per heavy atom. The summed E-state index contributed by atoms with van der Waals surface area (Å²) in [6.07, 6.45) is 5.12. The number of carbonyl (C=O) groups is 1. The number of urea groups is 1. The van der Waals surface area contributed by atoms with Crippen molar-refractivity contribution in [2.45, 2.75) is 12.1 Å². The summed E-state index contributed by atoms with van der Waals surface area (Å²) in [5, 5.41) is 13.0. The van der Waals surface area contributed by atoms with Crippen molar-refractivity contribution in [3.63, 3.8) is 0 Å². The number of β-amino-alcohol motifs (C(OH)–C–C–N with tert-alkyl or cyclic N) is 1. The number of nitrogens with zero attached hydrogens (tertiary/aromatic N) is 3. The molecule has 0 saturated carbocycles. The van der Waals surface area contributed by atoms with Crippen LogP contribution in [0.25, 0.3) is 12.2 Å². The molecule has 1 saturated heterocycles. The summed E-state index contributed by atoms with van der Waals surface area (Å²) in [6, 6.07) is 13.2. The van der Waals surface area contributed by atoms with Crippen molar-refractivity contribution in [2.75, 3.05) is 32.5 Å². The first kappa shape index (κ1) is 18.1. The quantitative estimate of drug-likeness (QED) is 0.887. The van der Waals surface area contributed by atoms with Gasteiger partial charge in [-0.25, -0.2) is 4.79 Å². The lowest BCUT2D eigenvalue weighted by atomic mass is 10.1. The van der Waals surface area contributed by atoms with Crippen LogP contribution in [0, 0.1) is 0 Å². The predicted molar refractivity (Wildman–Crippen MR) is 104 cm³/mol. The summed E-state index contributed by atoms with van der Waals surface area (Å²) >= 11 is 0. The van der Waals surface area contributed by atoms with Gasteiger partial charge in [-0.15, -0.1) is 0 Å². The Balaban J connectivity index is 1.64. The number of anilines is 1. The average Bonchev–Trinajstić information content (AvgIpc) is 3.03. The fourth-order valence-corrected chi connectivity index (χ4v) is 3.02. The lowest BCUT2D eigenvalue weighted by Gasteiger charge is -2.21. The minimum Gasteiger partial charge on any atom is -0.390 e. The van der Waals surface area contributed by atoms with E-state index in [2.05, 4.69) is 10.3 Å². The largest absolute Gasteiger partial charge is 0.390 e. The molecule has 1 aliphatic rings. The van der Waals surface area contributed by atoms with E-state index < -0.39 is 6.10 Å². The van der Waals surface area contributed by atoms with Crippen LogP contribution < -0.4 is 5.32 Å². The highest BCUT2D eigenvalue weighted by atomic mass is 16.3. The molecule has 2 N–H and O–H groups in total. The van der Waals surface area contributed by atoms with E-state index in [1.54, 1.807) is 11.1 Å². The first-order valence-corrected chi connectivity index (χ1v) is 8.62. The summed E-state index contributed by atoms with van der Waals surface area (Å²) in [5.74, 6) is 0. The number of pyridine rings is 1. The third kappa shape index (κ3) is 4.47. The number of likely N-dealkylation sites (tertiary alicyclic amines) is 1. The molecule has 0 unspecified atom stereocenters. The van der Waals surface area contributed by atoms with E-state index in [0.717, 1.165) is 16.9 Å². The molecule has 0 bridgehead atoms. The Hall–Kier alpha value is -2.70. The molecule has 2 atom stereocenters. The van der Waals surface area contributed by atoms with Crippen molar-refractivity contribution in [1.29, 1.82) is 0 Å². The number of benzene rings is 1. The molecule has 136 valence electrons. The summed E-state index contributed by atoms with van der Waals surface area (Å²) in [4.78, 5) is 20.3. The van der Waals surface area contributed by atoms with Crippen LogP contribution in [-0.4, -0.2) is 65.3 Å². The van der Waals surface area contributed by atoms with Crippen LogP contribution >= 0.6 is 0 Å². The zero-order chi connectivity index (χ0) is 18.5. The van der Waals surface area contributed by atoms with Gasteiger partial charge in [0.1, 0.15) is 0 Å². The number of aromatic nitrogens is 1. The van der Waals surface area contributed by atoms with Crippen LogP contribution in [0.15, 0.2) is 48.7 Å². The van der Waals surface area contributed by atoms with Gasteiger partial charge in [0.05, 0.1) is 24.4 Å². The van der Waals surface area contributed by atoms with Gasteiger partial charge in [0.15, 0.2) is 0 Å². The number of likely N-dealkylation sites (N-methyl/N-ethyl adjacent to an activating group) is 1. The lowest BCUT2D eigenvalue weighted by molar-refractivity contribution is 0.113. The molecule has 0 aliphatic carbocycles. The van der Waals surface area contributed by atoms with Crippen LogP contribution in [0.4, 0.5) is 10.5 Å². The summed E-state index contributed by atoms with van der Waals surface area (Å²) < 4.78 is 0. The van der Waals surface area contributed by atoms with E-state index in [0.29, 0.717) is 13.1 Å². The van der Waals surface area contributed by atoms with Crippen LogP contribution in [-0.2, 0) is 0 Å². The SMILES string of the molecule is CN(C)[C@H]1CN(C(=O)Nc2cccc(/C=C/c3ccccn3)c2)C[C@@H]1O. The highest BCUT2D eigenvalue weighted by molar-refractivity contribution is 5.90. The molecule has 2 aromatic rings. The van der Waals surface area contributed by atoms with Crippen molar-refractivity contribution in [3.05, 3.63) is 59.9 Å². The molecule has 2 amide bonds. The van der Waals surface area contributed by atoms with Crippen molar-refractivity contribution in [2.24, 2.45) is 0 Å². The molecule has 3 rings (SSSR count). The minimum absolute atomic E-state index is 0.0339. The van der Waals surface area contributed by atoms with Gasteiger partial charge in [0.25, 0.3) is 0 Å². The molecule has 1 aromatic heterocycles. The maximum Gasteiger partial charge on any atom is 0.321 e. The van der Waals surface area contributed by atoms with Crippen LogP contribution in [0.5, 0.6) is 0 Å². The van der Waals surface area contributed by atoms with E-state index >= 15 is 0 Å². The predicted octanol–water partition coefficient (Wildman–Crippen LogP) is 2.39. The molecule has 1 aliphatic heterocycles. The Morgan fingerprint density at radius 3 is 2.77 bits per heavy atom. The van der Waals surface area contributed by atoms with Gasteiger partial charge in [-0.3, -0.25) is 4.98 Å².